The zero-order valence-electron chi connectivity index (χ0n) is 6.97. The summed E-state index contributed by atoms with van der Waals surface area (Å²) >= 11 is 5.69. The summed E-state index contributed by atoms with van der Waals surface area (Å²) in [7, 11) is 1.36. The van der Waals surface area contributed by atoms with Crippen molar-refractivity contribution >= 4 is 11.6 Å². The van der Waals surface area contributed by atoms with Gasteiger partial charge in [-0.1, -0.05) is 11.6 Å². The van der Waals surface area contributed by atoms with Gasteiger partial charge in [0.1, 0.15) is 0 Å². The van der Waals surface area contributed by atoms with Gasteiger partial charge < -0.3 is 4.74 Å². The van der Waals surface area contributed by atoms with Gasteiger partial charge in [0.25, 0.3) is 0 Å². The highest BCUT2D eigenvalue weighted by atomic mass is 35.5. The molecule has 1 aromatic rings. The number of nitriles is 1. The molecule has 1 rings (SSSR count). The summed E-state index contributed by atoms with van der Waals surface area (Å²) in [6.45, 7) is 0. The van der Waals surface area contributed by atoms with Crippen molar-refractivity contribution in [2.45, 2.75) is 6.42 Å². The standard InChI is InChI=1S/C9H7ClFNO/c1-13-9-4-6(2-3-12)7(10)5-8(9)11/h4-5H,2H2,1H3. The van der Waals surface area contributed by atoms with Crippen LogP contribution in [0.3, 0.4) is 0 Å². The second kappa shape index (κ2) is 4.11. The zero-order valence-corrected chi connectivity index (χ0v) is 7.73. The monoisotopic (exact) mass is 199 g/mol. The Bertz CT molecular complexity index is 359. The molecule has 0 aromatic heterocycles. The van der Waals surface area contributed by atoms with Gasteiger partial charge in [-0.15, -0.1) is 0 Å². The summed E-state index contributed by atoms with van der Waals surface area (Å²) in [6.07, 6.45) is 0.148. The topological polar surface area (TPSA) is 33.0 Å². The van der Waals surface area contributed by atoms with E-state index in [9.17, 15) is 4.39 Å². The van der Waals surface area contributed by atoms with Crippen LogP contribution < -0.4 is 4.74 Å². The molecule has 1 aromatic carbocycles. The SMILES string of the molecule is COc1cc(CC#N)c(Cl)cc1F. The molecule has 0 heterocycles. The van der Waals surface area contributed by atoms with Crippen LogP contribution >= 0.6 is 11.6 Å². The smallest absolute Gasteiger partial charge is 0.166 e. The molecular formula is C9H7ClFNO. The van der Waals surface area contributed by atoms with Crippen LogP contribution in [0.4, 0.5) is 4.39 Å². The third kappa shape index (κ3) is 2.10. The van der Waals surface area contributed by atoms with Gasteiger partial charge in [-0.2, -0.15) is 5.26 Å². The van der Waals surface area contributed by atoms with Crippen molar-refractivity contribution in [2.75, 3.05) is 7.11 Å². The van der Waals surface area contributed by atoms with Gasteiger partial charge in [0.2, 0.25) is 0 Å². The molecule has 0 amide bonds. The summed E-state index contributed by atoms with van der Waals surface area (Å²) < 4.78 is 17.7. The fourth-order valence-electron chi connectivity index (χ4n) is 0.948. The first-order valence-electron chi connectivity index (χ1n) is 3.58. The van der Waals surface area contributed by atoms with Crippen LogP contribution in [0.25, 0.3) is 0 Å². The van der Waals surface area contributed by atoms with Gasteiger partial charge >= 0.3 is 0 Å². The van der Waals surface area contributed by atoms with Crippen molar-refractivity contribution in [3.8, 4) is 11.8 Å². The summed E-state index contributed by atoms with van der Waals surface area (Å²) in [5.74, 6) is -0.413. The van der Waals surface area contributed by atoms with Crippen molar-refractivity contribution in [3.63, 3.8) is 0 Å². The Morgan fingerprint density at radius 3 is 2.85 bits per heavy atom. The molecule has 0 saturated carbocycles. The molecule has 0 saturated heterocycles. The number of methoxy groups -OCH3 is 1. The molecule has 0 fully saturated rings. The molecule has 0 unspecified atom stereocenters. The fourth-order valence-corrected chi connectivity index (χ4v) is 1.17. The molecule has 68 valence electrons. The number of rotatable bonds is 2. The van der Waals surface area contributed by atoms with E-state index < -0.39 is 5.82 Å². The fraction of sp³-hybridized carbons (Fsp3) is 0.222. The Morgan fingerprint density at radius 2 is 2.31 bits per heavy atom. The minimum absolute atomic E-state index is 0.106. The average Bonchev–Trinajstić information content (AvgIpc) is 2.10. The maximum absolute atomic E-state index is 13.0. The third-order valence-corrected chi connectivity index (χ3v) is 1.94. The van der Waals surface area contributed by atoms with Crippen molar-refractivity contribution in [3.05, 3.63) is 28.5 Å². The Morgan fingerprint density at radius 1 is 1.62 bits per heavy atom. The van der Waals surface area contributed by atoms with Gasteiger partial charge in [-0.25, -0.2) is 4.39 Å². The molecule has 0 aliphatic carbocycles. The van der Waals surface area contributed by atoms with Crippen LogP contribution in [-0.4, -0.2) is 7.11 Å². The van der Waals surface area contributed by atoms with E-state index in [0.717, 1.165) is 6.07 Å². The first kappa shape index (κ1) is 9.82. The van der Waals surface area contributed by atoms with E-state index in [2.05, 4.69) is 0 Å². The van der Waals surface area contributed by atoms with E-state index in [4.69, 9.17) is 21.6 Å². The number of ether oxygens (including phenoxy) is 1. The van der Waals surface area contributed by atoms with Crippen molar-refractivity contribution in [2.24, 2.45) is 0 Å². The third-order valence-electron chi connectivity index (χ3n) is 1.59. The van der Waals surface area contributed by atoms with E-state index in [1.54, 1.807) is 0 Å². The molecule has 0 aliphatic heterocycles. The normalized spacial score (nSPS) is 9.38. The Kier molecular flexibility index (Phi) is 3.10. The van der Waals surface area contributed by atoms with Crippen LogP contribution in [0, 0.1) is 17.1 Å². The van der Waals surface area contributed by atoms with E-state index in [-0.39, 0.29) is 17.2 Å². The summed E-state index contributed by atoms with van der Waals surface area (Å²) in [5.41, 5.74) is 0.572. The van der Waals surface area contributed by atoms with E-state index in [1.165, 1.54) is 13.2 Å². The van der Waals surface area contributed by atoms with Gasteiger partial charge in [-0.05, 0) is 17.7 Å². The van der Waals surface area contributed by atoms with Crippen LogP contribution in [0.2, 0.25) is 5.02 Å². The van der Waals surface area contributed by atoms with Gasteiger partial charge in [0, 0.05) is 5.02 Å². The molecule has 2 nitrogen and oxygen atoms in total. The Labute approximate surface area is 80.5 Å². The lowest BCUT2D eigenvalue weighted by Crippen LogP contribution is -1.92. The van der Waals surface area contributed by atoms with Crippen LogP contribution in [0.5, 0.6) is 5.75 Å². The maximum atomic E-state index is 13.0. The van der Waals surface area contributed by atoms with Crippen molar-refractivity contribution in [1.82, 2.24) is 0 Å². The van der Waals surface area contributed by atoms with Crippen LogP contribution in [0.15, 0.2) is 12.1 Å². The Hall–Kier alpha value is -1.27. The molecule has 4 heteroatoms. The zero-order chi connectivity index (χ0) is 9.84. The highest BCUT2D eigenvalue weighted by molar-refractivity contribution is 6.31. The average molecular weight is 200 g/mol. The number of benzene rings is 1. The van der Waals surface area contributed by atoms with Crippen molar-refractivity contribution in [1.29, 1.82) is 5.26 Å². The van der Waals surface area contributed by atoms with Gasteiger partial charge in [-0.3, -0.25) is 0 Å². The first-order chi connectivity index (χ1) is 6.19. The quantitative estimate of drug-likeness (QED) is 0.734. The molecule has 0 bridgehead atoms. The lowest BCUT2D eigenvalue weighted by molar-refractivity contribution is 0.386. The lowest BCUT2D eigenvalue weighted by Gasteiger charge is -2.05. The first-order valence-corrected chi connectivity index (χ1v) is 3.95. The van der Waals surface area contributed by atoms with Crippen LogP contribution in [0.1, 0.15) is 5.56 Å². The van der Waals surface area contributed by atoms with Crippen molar-refractivity contribution < 1.29 is 9.13 Å². The summed E-state index contributed by atoms with van der Waals surface area (Å²) in [6, 6.07) is 4.51. The van der Waals surface area contributed by atoms with Gasteiger partial charge in [0.05, 0.1) is 19.6 Å². The Balaban J connectivity index is 3.16. The molecule has 0 spiro atoms. The van der Waals surface area contributed by atoms with E-state index in [0.29, 0.717) is 5.56 Å². The maximum Gasteiger partial charge on any atom is 0.166 e. The minimum Gasteiger partial charge on any atom is -0.494 e. The number of nitrogens with zero attached hydrogens (tertiary/aromatic N) is 1. The molecular weight excluding hydrogens is 193 g/mol. The second-order valence-corrected chi connectivity index (χ2v) is 2.82. The number of halogens is 2. The van der Waals surface area contributed by atoms with E-state index >= 15 is 0 Å². The highest BCUT2D eigenvalue weighted by Gasteiger charge is 2.08. The molecule has 0 N–H and O–H groups in total. The number of hydrogen-bond acceptors (Lipinski definition) is 2. The molecule has 0 radical (unpaired) electrons. The van der Waals surface area contributed by atoms with Crippen LogP contribution in [-0.2, 0) is 6.42 Å². The van der Waals surface area contributed by atoms with Gasteiger partial charge in [0.15, 0.2) is 11.6 Å². The number of hydrogen-bond donors (Lipinski definition) is 0. The minimum atomic E-state index is -0.519. The predicted octanol–water partition coefficient (Wildman–Crippen LogP) is 2.55. The second-order valence-electron chi connectivity index (χ2n) is 2.41. The van der Waals surface area contributed by atoms with E-state index in [1.807, 2.05) is 6.07 Å². The molecule has 13 heavy (non-hydrogen) atoms. The highest BCUT2D eigenvalue weighted by Crippen LogP contribution is 2.25. The lowest BCUT2D eigenvalue weighted by atomic mass is 10.1. The summed E-state index contributed by atoms with van der Waals surface area (Å²) in [4.78, 5) is 0. The largest absolute Gasteiger partial charge is 0.494 e. The summed E-state index contributed by atoms with van der Waals surface area (Å²) in [5, 5.41) is 8.68. The predicted molar refractivity (Wildman–Crippen MR) is 47.3 cm³/mol. The molecule has 0 atom stereocenters. The molecule has 0 aliphatic rings.